The van der Waals surface area contributed by atoms with Crippen molar-refractivity contribution in [3.63, 3.8) is 0 Å². The van der Waals surface area contributed by atoms with Crippen molar-refractivity contribution in [3.05, 3.63) is 59.6 Å². The van der Waals surface area contributed by atoms with Crippen LogP contribution < -0.4 is 14.7 Å². The molecule has 0 aliphatic carbocycles. The molecule has 1 aromatic heterocycles. The normalized spacial score (nSPS) is 19.9. The second kappa shape index (κ2) is 10.2. The molecule has 0 saturated carbocycles. The third-order valence-corrected chi connectivity index (χ3v) is 7.21. The lowest BCUT2D eigenvalue weighted by atomic mass is 10.1. The molecule has 200 valence electrons. The van der Waals surface area contributed by atoms with E-state index in [1.165, 1.54) is 18.0 Å². The van der Waals surface area contributed by atoms with Crippen molar-refractivity contribution in [2.45, 2.75) is 31.2 Å². The molecular weight excluding hydrogens is 516 g/mol. The van der Waals surface area contributed by atoms with Gasteiger partial charge in [-0.1, -0.05) is 48.5 Å². The Morgan fingerprint density at radius 1 is 1.32 bits per heavy atom. The fraction of sp³-hybridized carbons (Fsp3) is 0.370. The van der Waals surface area contributed by atoms with Gasteiger partial charge in [-0.05, 0) is 42.9 Å². The highest BCUT2D eigenvalue weighted by atomic mass is 35.5. The lowest BCUT2D eigenvalue weighted by Gasteiger charge is -2.26. The number of carbonyl (C=O) groups excluding carboxylic acids is 1. The van der Waals surface area contributed by atoms with Crippen LogP contribution in [0.5, 0.6) is 5.75 Å². The van der Waals surface area contributed by atoms with E-state index in [9.17, 15) is 18.7 Å². The average Bonchev–Trinajstić information content (AvgIpc) is 3.01. The summed E-state index contributed by atoms with van der Waals surface area (Å²) in [4.78, 5) is 24.6. The Balaban J connectivity index is 1.71. The van der Waals surface area contributed by atoms with E-state index in [0.717, 1.165) is 12.8 Å². The number of benzene rings is 2. The third-order valence-electron chi connectivity index (χ3n) is 6.86. The largest absolute Gasteiger partial charge is 0.858 e. The highest BCUT2D eigenvalue weighted by Crippen LogP contribution is 2.46. The molecule has 11 heteroatoms. The summed E-state index contributed by atoms with van der Waals surface area (Å²) >= 11 is 6.87. The molecule has 0 unspecified atom stereocenters. The number of imidazole rings is 1. The molecule has 1 atom stereocenters. The SMILES string of the molecule is C=CC(=O)N1CCCC[C@@H](n2c(/N=C(\[O-])c3ccccc3)nc3cc4c(c(Cl)c32)OCC(F)(F)CN4C)C1. The van der Waals surface area contributed by atoms with E-state index in [-0.39, 0.29) is 28.7 Å². The number of aromatic nitrogens is 2. The zero-order valence-electron chi connectivity index (χ0n) is 20.9. The number of likely N-dealkylation sites (tertiary alicyclic amines) is 1. The summed E-state index contributed by atoms with van der Waals surface area (Å²) in [5, 5.41) is 13.2. The van der Waals surface area contributed by atoms with Crippen LogP contribution in [-0.4, -0.2) is 65.5 Å². The first kappa shape index (κ1) is 26.0. The Hall–Kier alpha value is -3.66. The number of anilines is 1. The second-order valence-corrected chi connectivity index (χ2v) is 9.99. The van der Waals surface area contributed by atoms with Crippen molar-refractivity contribution in [2.75, 3.05) is 38.2 Å². The van der Waals surface area contributed by atoms with Gasteiger partial charge in [-0.25, -0.2) is 18.8 Å². The number of rotatable bonds is 4. The number of amides is 1. The molecule has 0 spiro atoms. The maximum absolute atomic E-state index is 14.3. The molecule has 1 saturated heterocycles. The highest BCUT2D eigenvalue weighted by molar-refractivity contribution is 6.37. The predicted molar refractivity (Wildman–Crippen MR) is 141 cm³/mol. The zero-order chi connectivity index (χ0) is 27.0. The smallest absolute Gasteiger partial charge is 0.298 e. The van der Waals surface area contributed by atoms with Gasteiger partial charge in [0.25, 0.3) is 5.92 Å². The van der Waals surface area contributed by atoms with E-state index in [1.54, 1.807) is 45.9 Å². The maximum Gasteiger partial charge on any atom is 0.298 e. The zero-order valence-corrected chi connectivity index (χ0v) is 21.6. The second-order valence-electron chi connectivity index (χ2n) is 9.61. The molecule has 1 amide bonds. The lowest BCUT2D eigenvalue weighted by molar-refractivity contribution is -0.212. The van der Waals surface area contributed by atoms with E-state index in [0.29, 0.717) is 41.8 Å². The molecular formula is C27H27ClF2N5O3-. The number of hydrogen-bond donors (Lipinski definition) is 0. The first-order chi connectivity index (χ1) is 18.2. The number of fused-ring (bicyclic) bond motifs is 2. The molecule has 8 nitrogen and oxygen atoms in total. The molecule has 0 radical (unpaired) electrons. The minimum Gasteiger partial charge on any atom is -0.858 e. The summed E-state index contributed by atoms with van der Waals surface area (Å²) in [6, 6.07) is 9.91. The Kier molecular flexibility index (Phi) is 7.00. The van der Waals surface area contributed by atoms with Crippen LogP contribution in [0.2, 0.25) is 5.02 Å². The molecule has 2 aromatic carbocycles. The van der Waals surface area contributed by atoms with Crippen molar-refractivity contribution in [3.8, 4) is 5.75 Å². The molecule has 2 aliphatic heterocycles. The first-order valence-corrected chi connectivity index (χ1v) is 12.7. The molecule has 3 aromatic rings. The van der Waals surface area contributed by atoms with E-state index in [2.05, 4.69) is 16.6 Å². The van der Waals surface area contributed by atoms with Gasteiger partial charge in [0.2, 0.25) is 11.9 Å². The third kappa shape index (κ3) is 4.92. The van der Waals surface area contributed by atoms with Crippen molar-refractivity contribution in [2.24, 2.45) is 4.99 Å². The summed E-state index contributed by atoms with van der Waals surface area (Å²) < 4.78 is 35.9. The molecule has 0 N–H and O–H groups in total. The fourth-order valence-electron chi connectivity index (χ4n) is 5.07. The quantitative estimate of drug-likeness (QED) is 0.278. The van der Waals surface area contributed by atoms with Crippen LogP contribution in [-0.2, 0) is 4.79 Å². The van der Waals surface area contributed by atoms with Crippen LogP contribution in [0, 0.1) is 0 Å². The first-order valence-electron chi connectivity index (χ1n) is 12.4. The van der Waals surface area contributed by atoms with Crippen LogP contribution in [0.25, 0.3) is 11.0 Å². The number of nitrogens with zero attached hydrogens (tertiary/aromatic N) is 5. The maximum atomic E-state index is 14.3. The van der Waals surface area contributed by atoms with Crippen LogP contribution in [0.15, 0.2) is 54.0 Å². The van der Waals surface area contributed by atoms with Gasteiger partial charge in [0.15, 0.2) is 12.4 Å². The van der Waals surface area contributed by atoms with E-state index in [4.69, 9.17) is 16.3 Å². The molecule has 3 heterocycles. The Labute approximate surface area is 223 Å². The fourth-order valence-corrected chi connectivity index (χ4v) is 5.41. The highest BCUT2D eigenvalue weighted by Gasteiger charge is 2.38. The van der Waals surface area contributed by atoms with Crippen molar-refractivity contribution < 1.29 is 23.4 Å². The van der Waals surface area contributed by atoms with Gasteiger partial charge < -0.3 is 24.2 Å². The molecule has 0 bridgehead atoms. The Morgan fingerprint density at radius 3 is 2.82 bits per heavy atom. The number of carbonyl (C=O) groups is 1. The topological polar surface area (TPSA) is 86.0 Å². The Bertz CT molecular complexity index is 1410. The van der Waals surface area contributed by atoms with Crippen LogP contribution in [0.3, 0.4) is 0 Å². The summed E-state index contributed by atoms with van der Waals surface area (Å²) in [5.41, 5.74) is 1.57. The van der Waals surface area contributed by atoms with Gasteiger partial charge in [0, 0.05) is 20.1 Å². The van der Waals surface area contributed by atoms with Crippen molar-refractivity contribution >= 4 is 46.1 Å². The van der Waals surface area contributed by atoms with E-state index in [1.807, 2.05) is 0 Å². The number of halogens is 3. The summed E-state index contributed by atoms with van der Waals surface area (Å²) in [7, 11) is 1.54. The molecule has 1 fully saturated rings. The molecule has 5 rings (SSSR count). The van der Waals surface area contributed by atoms with Crippen LogP contribution >= 0.6 is 11.6 Å². The van der Waals surface area contributed by atoms with Gasteiger partial charge in [-0.15, -0.1) is 0 Å². The predicted octanol–water partition coefficient (Wildman–Crippen LogP) is 4.33. The summed E-state index contributed by atoms with van der Waals surface area (Å²) in [5.74, 6) is -3.51. The van der Waals surface area contributed by atoms with Gasteiger partial charge in [-0.2, -0.15) is 0 Å². The minimum absolute atomic E-state index is 0.106. The number of hydrogen-bond acceptors (Lipinski definition) is 6. The van der Waals surface area contributed by atoms with Gasteiger partial charge >= 0.3 is 0 Å². The van der Waals surface area contributed by atoms with Crippen molar-refractivity contribution in [1.82, 2.24) is 14.5 Å². The number of alkyl halides is 2. The number of aliphatic imine (C=N–C) groups is 1. The molecule has 38 heavy (non-hydrogen) atoms. The number of ether oxygens (including phenoxy) is 1. The average molecular weight is 543 g/mol. The van der Waals surface area contributed by atoms with Gasteiger partial charge in [0.05, 0.1) is 29.3 Å². The Morgan fingerprint density at radius 2 is 2.08 bits per heavy atom. The van der Waals surface area contributed by atoms with Crippen LogP contribution in [0.4, 0.5) is 20.4 Å². The molecule has 2 aliphatic rings. The summed E-state index contributed by atoms with van der Waals surface area (Å²) in [6.07, 6.45) is 3.55. The van der Waals surface area contributed by atoms with Gasteiger partial charge in [-0.3, -0.25) is 4.79 Å². The van der Waals surface area contributed by atoms with Crippen molar-refractivity contribution in [1.29, 1.82) is 0 Å². The van der Waals surface area contributed by atoms with E-state index >= 15 is 0 Å². The standard InChI is InChI=1S/C27H28ClF2N5O3/c1-3-21(36)34-12-8-7-11-18(14-34)35-23-19(31-26(35)32-25(37)17-9-5-4-6-10-17)13-20-24(22(23)28)38-16-27(29,30)15-33(20)2/h3-6,9-10,13,18H,1,7-8,11-12,14-16H2,2H3,(H,31,32,37)/p-1/t18-/m1/s1. The van der Waals surface area contributed by atoms with Gasteiger partial charge in [0.1, 0.15) is 5.02 Å². The summed E-state index contributed by atoms with van der Waals surface area (Å²) in [6.45, 7) is 3.13. The minimum atomic E-state index is -3.07. The monoisotopic (exact) mass is 542 g/mol. The lowest BCUT2D eigenvalue weighted by Crippen LogP contribution is -2.36. The van der Waals surface area contributed by atoms with Crippen LogP contribution in [0.1, 0.15) is 30.9 Å². The van der Waals surface area contributed by atoms with E-state index < -0.39 is 25.0 Å².